The third-order valence-electron chi connectivity index (χ3n) is 3.22. The van der Waals surface area contributed by atoms with Crippen LogP contribution in [0, 0.1) is 6.92 Å². The Morgan fingerprint density at radius 2 is 2.29 bits per heavy atom. The zero-order valence-electron chi connectivity index (χ0n) is 10.2. The van der Waals surface area contributed by atoms with Gasteiger partial charge in [-0.3, -0.25) is 4.79 Å². The van der Waals surface area contributed by atoms with Gasteiger partial charge in [0.05, 0.1) is 6.04 Å². The molecule has 1 unspecified atom stereocenters. The van der Waals surface area contributed by atoms with Crippen molar-refractivity contribution in [2.75, 3.05) is 13.6 Å². The van der Waals surface area contributed by atoms with Gasteiger partial charge < -0.3 is 10.2 Å². The number of aryl methyl sites for hydroxylation is 1. The largest absolute Gasteiger partial charge is 0.344 e. The zero-order valence-corrected chi connectivity index (χ0v) is 11.8. The lowest BCUT2D eigenvalue weighted by molar-refractivity contribution is -0.128. The highest BCUT2D eigenvalue weighted by Crippen LogP contribution is 2.18. The number of halogens is 1. The molecular weight excluding hydrogens is 280 g/mol. The molecule has 1 amide bonds. The standard InChI is InChI=1S/C13H17BrN2O/c1-9-3-4-10(7-11(9)14)8-15-12-5-6-16(2)13(12)17/h3-4,7,12,15H,5-6,8H2,1-2H3. The van der Waals surface area contributed by atoms with E-state index in [0.29, 0.717) is 0 Å². The predicted molar refractivity (Wildman–Crippen MR) is 71.8 cm³/mol. The summed E-state index contributed by atoms with van der Waals surface area (Å²) in [6, 6.07) is 6.27. The highest BCUT2D eigenvalue weighted by Gasteiger charge is 2.28. The highest BCUT2D eigenvalue weighted by molar-refractivity contribution is 9.10. The van der Waals surface area contributed by atoms with Crippen LogP contribution in [-0.4, -0.2) is 30.4 Å². The molecule has 1 heterocycles. The molecule has 4 heteroatoms. The minimum Gasteiger partial charge on any atom is -0.344 e. The SMILES string of the molecule is Cc1ccc(CNC2CCN(C)C2=O)cc1Br. The number of likely N-dealkylation sites (N-methyl/N-ethyl adjacent to an activating group) is 1. The van der Waals surface area contributed by atoms with Crippen molar-refractivity contribution >= 4 is 21.8 Å². The molecule has 0 bridgehead atoms. The number of amides is 1. The van der Waals surface area contributed by atoms with Gasteiger partial charge >= 0.3 is 0 Å². The van der Waals surface area contributed by atoms with E-state index in [-0.39, 0.29) is 11.9 Å². The molecule has 1 aromatic rings. The molecule has 1 fully saturated rings. The Kier molecular flexibility index (Phi) is 3.84. The lowest BCUT2D eigenvalue weighted by Gasteiger charge is -2.12. The number of benzene rings is 1. The summed E-state index contributed by atoms with van der Waals surface area (Å²) in [7, 11) is 1.85. The van der Waals surface area contributed by atoms with E-state index < -0.39 is 0 Å². The first kappa shape index (κ1) is 12.6. The average Bonchev–Trinajstić information content (AvgIpc) is 2.62. The van der Waals surface area contributed by atoms with Gasteiger partial charge in [0.15, 0.2) is 0 Å². The Bertz CT molecular complexity index is 433. The molecular formula is C13H17BrN2O. The van der Waals surface area contributed by atoms with Gasteiger partial charge in [-0.2, -0.15) is 0 Å². The van der Waals surface area contributed by atoms with Crippen LogP contribution in [0.2, 0.25) is 0 Å². The summed E-state index contributed by atoms with van der Waals surface area (Å²) in [5.41, 5.74) is 2.43. The Balaban J connectivity index is 1.94. The van der Waals surface area contributed by atoms with Crippen molar-refractivity contribution in [2.45, 2.75) is 25.9 Å². The quantitative estimate of drug-likeness (QED) is 0.926. The first-order valence-corrected chi connectivity index (χ1v) is 6.60. The van der Waals surface area contributed by atoms with Crippen molar-refractivity contribution in [1.29, 1.82) is 0 Å². The van der Waals surface area contributed by atoms with E-state index in [1.807, 2.05) is 7.05 Å². The summed E-state index contributed by atoms with van der Waals surface area (Å²) in [6.07, 6.45) is 0.905. The highest BCUT2D eigenvalue weighted by atomic mass is 79.9. The van der Waals surface area contributed by atoms with Crippen molar-refractivity contribution in [2.24, 2.45) is 0 Å². The molecule has 1 aromatic carbocycles. The number of nitrogens with one attached hydrogen (secondary N) is 1. The molecule has 1 aliphatic rings. The first-order chi connectivity index (χ1) is 8.08. The smallest absolute Gasteiger partial charge is 0.239 e. The predicted octanol–water partition coefficient (Wildman–Crippen LogP) is 2.08. The van der Waals surface area contributed by atoms with Crippen LogP contribution in [0.5, 0.6) is 0 Å². The fourth-order valence-corrected chi connectivity index (χ4v) is 2.43. The first-order valence-electron chi connectivity index (χ1n) is 5.81. The summed E-state index contributed by atoms with van der Waals surface area (Å²) < 4.78 is 1.12. The Hall–Kier alpha value is -0.870. The number of carbonyl (C=O) groups is 1. The summed E-state index contributed by atoms with van der Waals surface area (Å²) in [6.45, 7) is 3.66. The average molecular weight is 297 g/mol. The fraction of sp³-hybridized carbons (Fsp3) is 0.462. The Morgan fingerprint density at radius 1 is 1.53 bits per heavy atom. The number of hydrogen-bond donors (Lipinski definition) is 1. The van der Waals surface area contributed by atoms with Crippen molar-refractivity contribution in [3.8, 4) is 0 Å². The third kappa shape index (κ3) is 2.87. The lowest BCUT2D eigenvalue weighted by atomic mass is 10.1. The minimum absolute atomic E-state index is 0.0138. The fourth-order valence-electron chi connectivity index (χ4n) is 2.00. The van der Waals surface area contributed by atoms with Crippen LogP contribution in [-0.2, 0) is 11.3 Å². The van der Waals surface area contributed by atoms with Crippen LogP contribution in [0.25, 0.3) is 0 Å². The van der Waals surface area contributed by atoms with Crippen LogP contribution >= 0.6 is 15.9 Å². The molecule has 92 valence electrons. The zero-order chi connectivity index (χ0) is 12.4. The van der Waals surface area contributed by atoms with Gasteiger partial charge in [0.1, 0.15) is 0 Å². The Labute approximate surface area is 110 Å². The number of rotatable bonds is 3. The normalized spacial score (nSPS) is 20.1. The molecule has 2 rings (SSSR count). The molecule has 1 atom stereocenters. The second-order valence-corrected chi connectivity index (χ2v) is 5.42. The van der Waals surface area contributed by atoms with Gasteiger partial charge in [0.25, 0.3) is 0 Å². The number of hydrogen-bond acceptors (Lipinski definition) is 2. The van der Waals surface area contributed by atoms with Crippen molar-refractivity contribution < 1.29 is 4.79 Å². The van der Waals surface area contributed by atoms with Gasteiger partial charge in [-0.05, 0) is 30.5 Å². The van der Waals surface area contributed by atoms with Gasteiger partial charge in [-0.15, -0.1) is 0 Å². The van der Waals surface area contributed by atoms with Crippen molar-refractivity contribution in [3.63, 3.8) is 0 Å². The summed E-state index contributed by atoms with van der Waals surface area (Å²) in [5, 5.41) is 3.31. The summed E-state index contributed by atoms with van der Waals surface area (Å²) in [4.78, 5) is 13.5. The van der Waals surface area contributed by atoms with Crippen molar-refractivity contribution in [3.05, 3.63) is 33.8 Å². The van der Waals surface area contributed by atoms with E-state index in [1.165, 1.54) is 11.1 Å². The summed E-state index contributed by atoms with van der Waals surface area (Å²) in [5.74, 6) is 0.205. The van der Waals surface area contributed by atoms with Gasteiger partial charge in [-0.25, -0.2) is 0 Å². The van der Waals surface area contributed by atoms with Crippen LogP contribution in [0.4, 0.5) is 0 Å². The Morgan fingerprint density at radius 3 is 2.88 bits per heavy atom. The maximum atomic E-state index is 11.7. The van der Waals surface area contributed by atoms with E-state index in [4.69, 9.17) is 0 Å². The number of nitrogens with zero attached hydrogens (tertiary/aromatic N) is 1. The van der Waals surface area contributed by atoms with Gasteiger partial charge in [0.2, 0.25) is 5.91 Å². The molecule has 1 N–H and O–H groups in total. The van der Waals surface area contributed by atoms with E-state index in [2.05, 4.69) is 46.4 Å². The molecule has 0 radical (unpaired) electrons. The summed E-state index contributed by atoms with van der Waals surface area (Å²) >= 11 is 3.52. The van der Waals surface area contributed by atoms with Crippen LogP contribution in [0.3, 0.4) is 0 Å². The molecule has 0 spiro atoms. The third-order valence-corrected chi connectivity index (χ3v) is 4.07. The maximum Gasteiger partial charge on any atom is 0.239 e. The maximum absolute atomic E-state index is 11.7. The van der Waals surface area contributed by atoms with E-state index in [1.54, 1.807) is 4.90 Å². The molecule has 17 heavy (non-hydrogen) atoms. The monoisotopic (exact) mass is 296 g/mol. The van der Waals surface area contributed by atoms with E-state index in [0.717, 1.165) is 24.0 Å². The van der Waals surface area contributed by atoms with Crippen LogP contribution in [0.15, 0.2) is 22.7 Å². The van der Waals surface area contributed by atoms with E-state index >= 15 is 0 Å². The van der Waals surface area contributed by atoms with Gasteiger partial charge in [-0.1, -0.05) is 28.1 Å². The second kappa shape index (κ2) is 5.19. The molecule has 0 aliphatic carbocycles. The molecule has 1 aliphatic heterocycles. The molecule has 3 nitrogen and oxygen atoms in total. The van der Waals surface area contributed by atoms with Gasteiger partial charge in [0, 0.05) is 24.6 Å². The molecule has 0 aromatic heterocycles. The van der Waals surface area contributed by atoms with E-state index in [9.17, 15) is 4.79 Å². The number of likely N-dealkylation sites (tertiary alicyclic amines) is 1. The second-order valence-electron chi connectivity index (χ2n) is 4.57. The topological polar surface area (TPSA) is 32.3 Å². The van der Waals surface area contributed by atoms with Crippen LogP contribution in [0.1, 0.15) is 17.5 Å². The number of carbonyl (C=O) groups excluding carboxylic acids is 1. The van der Waals surface area contributed by atoms with Crippen LogP contribution < -0.4 is 5.32 Å². The minimum atomic E-state index is -0.0138. The van der Waals surface area contributed by atoms with Crippen molar-refractivity contribution in [1.82, 2.24) is 10.2 Å². The lowest BCUT2D eigenvalue weighted by Crippen LogP contribution is -2.36. The molecule has 1 saturated heterocycles. The molecule has 0 saturated carbocycles.